The monoisotopic (exact) mass is 342 g/mol. The van der Waals surface area contributed by atoms with E-state index in [9.17, 15) is 4.39 Å². The first-order chi connectivity index (χ1) is 11.6. The van der Waals surface area contributed by atoms with E-state index < -0.39 is 6.17 Å². The maximum atomic E-state index is 13.2. The Hall–Kier alpha value is -2.00. The zero-order valence-corrected chi connectivity index (χ0v) is 14.6. The van der Waals surface area contributed by atoms with Crippen molar-refractivity contribution in [3.8, 4) is 0 Å². The minimum absolute atomic E-state index is 0.415. The quantitative estimate of drug-likeness (QED) is 0.621. The Morgan fingerprint density at radius 2 is 2.21 bits per heavy atom. The third-order valence-corrected chi connectivity index (χ3v) is 4.41. The fourth-order valence-corrected chi connectivity index (χ4v) is 2.95. The van der Waals surface area contributed by atoms with Crippen LogP contribution >= 0.6 is 11.6 Å². The van der Waals surface area contributed by atoms with Crippen LogP contribution in [0.3, 0.4) is 0 Å². The van der Waals surface area contributed by atoms with Gasteiger partial charge in [-0.3, -0.25) is 0 Å². The van der Waals surface area contributed by atoms with Crippen molar-refractivity contribution in [3.63, 3.8) is 0 Å². The summed E-state index contributed by atoms with van der Waals surface area (Å²) < 4.78 is 13.2. The molecule has 4 heteroatoms. The Morgan fingerprint density at radius 1 is 1.38 bits per heavy atom. The molecule has 1 aliphatic carbocycles. The smallest absolute Gasteiger partial charge is 0.156 e. The van der Waals surface area contributed by atoms with Crippen LogP contribution < -0.4 is 0 Å². The summed E-state index contributed by atoms with van der Waals surface area (Å²) in [6, 6.07) is 5.90. The van der Waals surface area contributed by atoms with E-state index in [1.807, 2.05) is 37.3 Å². The normalized spacial score (nSPS) is 18.1. The van der Waals surface area contributed by atoms with Crippen LogP contribution in [0.15, 0.2) is 42.5 Å². The molecule has 1 heterocycles. The van der Waals surface area contributed by atoms with Crippen molar-refractivity contribution < 1.29 is 4.39 Å². The van der Waals surface area contributed by atoms with Gasteiger partial charge in [0.25, 0.3) is 0 Å². The SMILES string of the molecule is CCC/C=C(\C)c1nc(Cl)c2ccc(C3=CCC(F)C=C3)cc2n1. The highest BCUT2D eigenvalue weighted by Gasteiger charge is 2.11. The van der Waals surface area contributed by atoms with Crippen LogP contribution in [0.25, 0.3) is 22.0 Å². The Morgan fingerprint density at radius 3 is 2.92 bits per heavy atom. The third kappa shape index (κ3) is 3.57. The summed E-state index contributed by atoms with van der Waals surface area (Å²) in [4.78, 5) is 9.08. The van der Waals surface area contributed by atoms with Gasteiger partial charge in [-0.2, -0.15) is 0 Å². The van der Waals surface area contributed by atoms with E-state index in [-0.39, 0.29) is 0 Å². The van der Waals surface area contributed by atoms with Crippen LogP contribution in [0, 0.1) is 0 Å². The Balaban J connectivity index is 2.03. The molecule has 3 rings (SSSR count). The van der Waals surface area contributed by atoms with Crippen molar-refractivity contribution in [3.05, 3.63) is 59.0 Å². The van der Waals surface area contributed by atoms with Crippen LogP contribution in [0.4, 0.5) is 4.39 Å². The molecule has 0 amide bonds. The summed E-state index contributed by atoms with van der Waals surface area (Å²) in [7, 11) is 0. The molecule has 0 spiro atoms. The van der Waals surface area contributed by atoms with Crippen LogP contribution in [0.5, 0.6) is 0 Å². The summed E-state index contributed by atoms with van der Waals surface area (Å²) in [6.45, 7) is 4.14. The van der Waals surface area contributed by atoms with Gasteiger partial charge >= 0.3 is 0 Å². The maximum Gasteiger partial charge on any atom is 0.156 e. The van der Waals surface area contributed by atoms with Gasteiger partial charge in [0.1, 0.15) is 11.3 Å². The van der Waals surface area contributed by atoms with Gasteiger partial charge in [-0.25, -0.2) is 14.4 Å². The summed E-state index contributed by atoms with van der Waals surface area (Å²) in [5.41, 5.74) is 3.87. The second-order valence-corrected chi connectivity index (χ2v) is 6.37. The highest BCUT2D eigenvalue weighted by Crippen LogP contribution is 2.28. The molecule has 0 saturated heterocycles. The number of hydrogen-bond donors (Lipinski definition) is 0. The van der Waals surface area contributed by atoms with E-state index in [0.29, 0.717) is 17.4 Å². The predicted molar refractivity (Wildman–Crippen MR) is 99.7 cm³/mol. The van der Waals surface area contributed by atoms with Crippen molar-refractivity contribution in [2.45, 2.75) is 39.3 Å². The summed E-state index contributed by atoms with van der Waals surface area (Å²) in [5, 5.41) is 1.29. The van der Waals surface area contributed by atoms with Crippen molar-refractivity contribution in [2.24, 2.45) is 0 Å². The molecule has 1 aromatic carbocycles. The molecule has 0 bridgehead atoms. The van der Waals surface area contributed by atoms with E-state index in [0.717, 1.165) is 40.5 Å². The van der Waals surface area contributed by atoms with E-state index in [1.165, 1.54) is 0 Å². The molecule has 0 fully saturated rings. The molecule has 24 heavy (non-hydrogen) atoms. The van der Waals surface area contributed by atoms with Crippen molar-refractivity contribution in [2.75, 3.05) is 0 Å². The molecule has 124 valence electrons. The van der Waals surface area contributed by atoms with Crippen LogP contribution in [-0.2, 0) is 0 Å². The number of rotatable bonds is 4. The lowest BCUT2D eigenvalue weighted by atomic mass is 9.98. The molecule has 0 N–H and O–H groups in total. The molecule has 1 aromatic heterocycles. The second kappa shape index (κ2) is 7.27. The van der Waals surface area contributed by atoms with Gasteiger partial charge in [0, 0.05) is 11.8 Å². The largest absolute Gasteiger partial charge is 0.243 e. The maximum absolute atomic E-state index is 13.2. The molecule has 2 nitrogen and oxygen atoms in total. The molecule has 1 aliphatic rings. The lowest BCUT2D eigenvalue weighted by Gasteiger charge is -2.11. The number of halogens is 2. The fourth-order valence-electron chi connectivity index (χ4n) is 2.71. The average Bonchev–Trinajstić information content (AvgIpc) is 2.59. The molecular weight excluding hydrogens is 323 g/mol. The highest BCUT2D eigenvalue weighted by molar-refractivity contribution is 6.34. The Kier molecular flexibility index (Phi) is 5.10. The third-order valence-electron chi connectivity index (χ3n) is 4.12. The van der Waals surface area contributed by atoms with Gasteiger partial charge in [0.05, 0.1) is 5.52 Å². The molecular formula is C20H20ClFN2. The van der Waals surface area contributed by atoms with Gasteiger partial charge in [0.15, 0.2) is 5.82 Å². The number of unbranched alkanes of at least 4 members (excludes halogenated alkanes) is 1. The van der Waals surface area contributed by atoms with E-state index in [4.69, 9.17) is 11.6 Å². The van der Waals surface area contributed by atoms with Crippen LogP contribution in [0.1, 0.15) is 44.5 Å². The minimum atomic E-state index is -0.885. The Bertz CT molecular complexity index is 852. The standard InChI is InChI=1S/C20H20ClFN2/c1-3-4-5-13(2)20-23-18-12-15(8-11-17(18)19(21)24-20)14-6-9-16(22)10-7-14/h5-9,11-12,16H,3-4,10H2,1-2H3/b13-5+. The number of benzene rings is 1. The lowest BCUT2D eigenvalue weighted by Crippen LogP contribution is -1.99. The van der Waals surface area contributed by atoms with Gasteiger partial charge in [-0.05, 0) is 48.3 Å². The number of alkyl halides is 1. The fraction of sp³-hybridized carbons (Fsp3) is 0.300. The predicted octanol–water partition coefficient (Wildman–Crippen LogP) is 6.17. The van der Waals surface area contributed by atoms with Gasteiger partial charge in [0.2, 0.25) is 0 Å². The summed E-state index contributed by atoms with van der Waals surface area (Å²) in [5.74, 6) is 0.662. The van der Waals surface area contributed by atoms with E-state index >= 15 is 0 Å². The van der Waals surface area contributed by atoms with Crippen LogP contribution in [0.2, 0.25) is 5.15 Å². The number of nitrogens with zero attached hydrogens (tertiary/aromatic N) is 2. The molecule has 1 unspecified atom stereocenters. The first-order valence-corrected chi connectivity index (χ1v) is 8.63. The summed E-state index contributed by atoms with van der Waals surface area (Å²) >= 11 is 6.34. The van der Waals surface area contributed by atoms with Gasteiger partial charge < -0.3 is 0 Å². The number of hydrogen-bond acceptors (Lipinski definition) is 2. The average molecular weight is 343 g/mol. The van der Waals surface area contributed by atoms with E-state index in [2.05, 4.69) is 23.0 Å². The lowest BCUT2D eigenvalue weighted by molar-refractivity contribution is 0.402. The van der Waals surface area contributed by atoms with Crippen molar-refractivity contribution >= 4 is 33.7 Å². The van der Waals surface area contributed by atoms with Gasteiger partial charge in [-0.15, -0.1) is 0 Å². The molecule has 0 aliphatic heterocycles. The molecule has 0 saturated carbocycles. The van der Waals surface area contributed by atoms with Crippen molar-refractivity contribution in [1.82, 2.24) is 9.97 Å². The first kappa shape index (κ1) is 16.8. The number of fused-ring (bicyclic) bond motifs is 1. The molecule has 2 aromatic rings. The van der Waals surface area contributed by atoms with Crippen molar-refractivity contribution in [1.29, 1.82) is 0 Å². The van der Waals surface area contributed by atoms with Gasteiger partial charge in [-0.1, -0.05) is 49.2 Å². The zero-order valence-electron chi connectivity index (χ0n) is 13.9. The summed E-state index contributed by atoms with van der Waals surface area (Å²) in [6.07, 6.45) is 9.08. The molecule has 0 radical (unpaired) electrons. The minimum Gasteiger partial charge on any atom is -0.243 e. The number of aromatic nitrogens is 2. The Labute approximate surface area is 146 Å². The first-order valence-electron chi connectivity index (χ1n) is 8.25. The molecule has 1 atom stereocenters. The highest BCUT2D eigenvalue weighted by atomic mass is 35.5. The topological polar surface area (TPSA) is 25.8 Å². The van der Waals surface area contributed by atoms with Crippen LogP contribution in [-0.4, -0.2) is 16.1 Å². The van der Waals surface area contributed by atoms with E-state index in [1.54, 1.807) is 6.08 Å². The zero-order chi connectivity index (χ0) is 17.1. The number of allylic oxidation sites excluding steroid dienone is 6. The second-order valence-electron chi connectivity index (χ2n) is 6.02.